The number of aromatic nitrogens is 2. The fourth-order valence-corrected chi connectivity index (χ4v) is 2.45. The van der Waals surface area contributed by atoms with Crippen molar-refractivity contribution >= 4 is 33.3 Å². The van der Waals surface area contributed by atoms with Gasteiger partial charge in [0.15, 0.2) is 0 Å². The van der Waals surface area contributed by atoms with Crippen LogP contribution in [0.3, 0.4) is 0 Å². The molecule has 1 aromatic heterocycles. The lowest BCUT2D eigenvalue weighted by Gasteiger charge is -2.31. The van der Waals surface area contributed by atoms with Crippen LogP contribution < -0.4 is 4.90 Å². The second-order valence-corrected chi connectivity index (χ2v) is 4.85. The summed E-state index contributed by atoms with van der Waals surface area (Å²) >= 11 is 9.56. The highest BCUT2D eigenvalue weighted by Crippen LogP contribution is 2.26. The Morgan fingerprint density at radius 2 is 2.43 bits per heavy atom. The van der Waals surface area contributed by atoms with Crippen molar-refractivity contribution in [1.82, 2.24) is 9.97 Å². The van der Waals surface area contributed by atoms with Gasteiger partial charge in [0.1, 0.15) is 12.1 Å². The minimum Gasteiger partial charge on any atom is -0.354 e. The maximum absolute atomic E-state index is 6.11. The molecule has 0 saturated carbocycles. The molecule has 76 valence electrons. The number of piperidine rings is 1. The van der Waals surface area contributed by atoms with E-state index in [0.29, 0.717) is 0 Å². The average molecular weight is 277 g/mol. The number of alkyl halides is 1. The summed E-state index contributed by atoms with van der Waals surface area (Å²) in [4.78, 5) is 10.4. The SMILES string of the molecule is ClC1CCCN(c2ncncc2Br)C1. The Labute approximate surface area is 96.6 Å². The molecule has 14 heavy (non-hydrogen) atoms. The Kier molecular flexibility index (Phi) is 3.23. The van der Waals surface area contributed by atoms with Gasteiger partial charge in [-0.1, -0.05) is 0 Å². The molecule has 0 bridgehead atoms. The molecule has 1 atom stereocenters. The lowest BCUT2D eigenvalue weighted by Crippen LogP contribution is -2.36. The summed E-state index contributed by atoms with van der Waals surface area (Å²) in [6.07, 6.45) is 5.56. The lowest BCUT2D eigenvalue weighted by atomic mass is 10.1. The molecule has 1 aromatic rings. The molecule has 5 heteroatoms. The van der Waals surface area contributed by atoms with Gasteiger partial charge in [-0.3, -0.25) is 0 Å². The van der Waals surface area contributed by atoms with Crippen LogP contribution in [-0.4, -0.2) is 28.4 Å². The predicted molar refractivity (Wildman–Crippen MR) is 60.8 cm³/mol. The van der Waals surface area contributed by atoms with Crippen molar-refractivity contribution in [2.75, 3.05) is 18.0 Å². The van der Waals surface area contributed by atoms with Crippen molar-refractivity contribution in [2.24, 2.45) is 0 Å². The van der Waals surface area contributed by atoms with Crippen LogP contribution in [0.25, 0.3) is 0 Å². The molecule has 1 aliphatic rings. The van der Waals surface area contributed by atoms with Gasteiger partial charge in [0, 0.05) is 19.3 Å². The number of nitrogens with zero attached hydrogens (tertiary/aromatic N) is 3. The van der Waals surface area contributed by atoms with Crippen LogP contribution >= 0.6 is 27.5 Å². The van der Waals surface area contributed by atoms with Crippen molar-refractivity contribution in [1.29, 1.82) is 0 Å². The minimum atomic E-state index is 0.241. The van der Waals surface area contributed by atoms with E-state index in [-0.39, 0.29) is 5.38 Å². The summed E-state index contributed by atoms with van der Waals surface area (Å²) < 4.78 is 0.936. The van der Waals surface area contributed by atoms with E-state index in [4.69, 9.17) is 11.6 Å². The third-order valence-corrected chi connectivity index (χ3v) is 3.23. The largest absolute Gasteiger partial charge is 0.354 e. The number of hydrogen-bond donors (Lipinski definition) is 0. The van der Waals surface area contributed by atoms with E-state index >= 15 is 0 Å². The van der Waals surface area contributed by atoms with E-state index in [0.717, 1.165) is 36.2 Å². The van der Waals surface area contributed by atoms with Crippen molar-refractivity contribution in [2.45, 2.75) is 18.2 Å². The highest BCUT2D eigenvalue weighted by Gasteiger charge is 2.20. The Morgan fingerprint density at radius 3 is 3.14 bits per heavy atom. The standard InChI is InChI=1S/C9H11BrClN3/c10-8-4-12-6-13-9(8)14-3-1-2-7(11)5-14/h4,6-7H,1-3,5H2. The molecule has 1 saturated heterocycles. The van der Waals surface area contributed by atoms with Crippen molar-refractivity contribution in [3.63, 3.8) is 0 Å². The van der Waals surface area contributed by atoms with Gasteiger partial charge in [-0.25, -0.2) is 9.97 Å². The van der Waals surface area contributed by atoms with E-state index < -0.39 is 0 Å². The van der Waals surface area contributed by atoms with E-state index in [1.54, 1.807) is 12.5 Å². The number of anilines is 1. The molecule has 0 spiro atoms. The third kappa shape index (κ3) is 2.17. The first kappa shape index (κ1) is 10.2. The normalized spacial score (nSPS) is 22.4. The van der Waals surface area contributed by atoms with Crippen molar-refractivity contribution in [3.05, 3.63) is 17.0 Å². The number of hydrogen-bond acceptors (Lipinski definition) is 3. The number of rotatable bonds is 1. The predicted octanol–water partition coefficient (Wildman–Crippen LogP) is 2.45. The quantitative estimate of drug-likeness (QED) is 0.738. The van der Waals surface area contributed by atoms with Gasteiger partial charge in [0.2, 0.25) is 0 Å². The lowest BCUT2D eigenvalue weighted by molar-refractivity contribution is 0.579. The second kappa shape index (κ2) is 4.45. The smallest absolute Gasteiger partial charge is 0.146 e. The van der Waals surface area contributed by atoms with Crippen LogP contribution in [0, 0.1) is 0 Å². The average Bonchev–Trinajstić information content (AvgIpc) is 2.18. The molecular formula is C9H11BrClN3. The molecule has 0 N–H and O–H groups in total. The first-order valence-electron chi connectivity index (χ1n) is 4.62. The van der Waals surface area contributed by atoms with Gasteiger partial charge in [-0.05, 0) is 28.8 Å². The van der Waals surface area contributed by atoms with E-state index in [9.17, 15) is 0 Å². The van der Waals surface area contributed by atoms with E-state index in [1.165, 1.54) is 0 Å². The molecule has 2 heterocycles. The molecule has 3 nitrogen and oxygen atoms in total. The summed E-state index contributed by atoms with van der Waals surface area (Å²) in [6, 6.07) is 0. The van der Waals surface area contributed by atoms with Gasteiger partial charge in [-0.15, -0.1) is 11.6 Å². The van der Waals surface area contributed by atoms with Gasteiger partial charge >= 0.3 is 0 Å². The summed E-state index contributed by atoms with van der Waals surface area (Å²) in [6.45, 7) is 1.90. The highest BCUT2D eigenvalue weighted by atomic mass is 79.9. The summed E-state index contributed by atoms with van der Waals surface area (Å²) in [7, 11) is 0. The van der Waals surface area contributed by atoms with Crippen LogP contribution in [0.15, 0.2) is 17.0 Å². The molecule has 1 fully saturated rings. The summed E-state index contributed by atoms with van der Waals surface area (Å²) in [5.74, 6) is 0.949. The Balaban J connectivity index is 2.18. The fraction of sp³-hybridized carbons (Fsp3) is 0.556. The van der Waals surface area contributed by atoms with Crippen LogP contribution in [0.1, 0.15) is 12.8 Å². The van der Waals surface area contributed by atoms with Gasteiger partial charge in [-0.2, -0.15) is 0 Å². The maximum atomic E-state index is 6.11. The fourth-order valence-electron chi connectivity index (χ4n) is 1.66. The zero-order valence-corrected chi connectivity index (χ0v) is 10.00. The Hall–Kier alpha value is -0.350. The van der Waals surface area contributed by atoms with Crippen LogP contribution in [0.5, 0.6) is 0 Å². The van der Waals surface area contributed by atoms with Gasteiger partial charge in [0.25, 0.3) is 0 Å². The maximum Gasteiger partial charge on any atom is 0.146 e. The molecule has 1 aliphatic heterocycles. The zero-order valence-electron chi connectivity index (χ0n) is 7.66. The molecule has 0 aromatic carbocycles. The second-order valence-electron chi connectivity index (χ2n) is 3.38. The first-order valence-corrected chi connectivity index (χ1v) is 5.85. The van der Waals surface area contributed by atoms with Crippen LogP contribution in [-0.2, 0) is 0 Å². The van der Waals surface area contributed by atoms with Gasteiger partial charge < -0.3 is 4.90 Å². The highest BCUT2D eigenvalue weighted by molar-refractivity contribution is 9.10. The molecule has 0 amide bonds. The molecule has 0 aliphatic carbocycles. The van der Waals surface area contributed by atoms with E-state index in [1.807, 2.05) is 0 Å². The summed E-state index contributed by atoms with van der Waals surface area (Å²) in [5, 5.41) is 0.241. The van der Waals surface area contributed by atoms with Crippen LogP contribution in [0.2, 0.25) is 0 Å². The van der Waals surface area contributed by atoms with Crippen molar-refractivity contribution in [3.8, 4) is 0 Å². The Bertz CT molecular complexity index is 321. The molecule has 0 radical (unpaired) electrons. The molecule has 2 rings (SSSR count). The van der Waals surface area contributed by atoms with Crippen molar-refractivity contribution < 1.29 is 0 Å². The summed E-state index contributed by atoms with van der Waals surface area (Å²) in [5.41, 5.74) is 0. The third-order valence-electron chi connectivity index (χ3n) is 2.31. The van der Waals surface area contributed by atoms with E-state index in [2.05, 4.69) is 30.8 Å². The topological polar surface area (TPSA) is 29.0 Å². The Morgan fingerprint density at radius 1 is 1.57 bits per heavy atom. The monoisotopic (exact) mass is 275 g/mol. The van der Waals surface area contributed by atoms with Crippen LogP contribution in [0.4, 0.5) is 5.82 Å². The first-order chi connectivity index (χ1) is 6.77. The minimum absolute atomic E-state index is 0.241. The number of halogens is 2. The molecule has 1 unspecified atom stereocenters. The van der Waals surface area contributed by atoms with Gasteiger partial charge in [0.05, 0.1) is 9.85 Å². The zero-order chi connectivity index (χ0) is 9.97. The molecular weight excluding hydrogens is 265 g/mol.